The zero-order valence-electron chi connectivity index (χ0n) is 33.9. The van der Waals surface area contributed by atoms with Gasteiger partial charge in [0.25, 0.3) is 11.8 Å². The highest BCUT2D eigenvalue weighted by Gasteiger charge is 2.39. The molecule has 0 saturated heterocycles. The molecule has 300 valence electrons. The first-order valence-electron chi connectivity index (χ1n) is 18.5. The molecule has 2 N–H and O–H groups in total. The van der Waals surface area contributed by atoms with Gasteiger partial charge in [0.15, 0.2) is 0 Å². The van der Waals surface area contributed by atoms with Crippen molar-refractivity contribution in [3.63, 3.8) is 0 Å². The second-order valence-electron chi connectivity index (χ2n) is 17.4. The Bertz CT molecular complexity index is 2000. The van der Waals surface area contributed by atoms with Gasteiger partial charge >= 0.3 is 6.18 Å². The molecule has 55 heavy (non-hydrogen) atoms. The summed E-state index contributed by atoms with van der Waals surface area (Å²) in [6.07, 6.45) is -1.98. The monoisotopic (exact) mass is 802 g/mol. The molecular weight excluding hydrogens is 748 g/mol. The van der Waals surface area contributed by atoms with Crippen molar-refractivity contribution in [2.45, 2.75) is 99.9 Å². The maximum Gasteiger partial charge on any atom is 0.431 e. The van der Waals surface area contributed by atoms with Gasteiger partial charge in [0, 0.05) is 54.1 Å². The van der Waals surface area contributed by atoms with Gasteiger partial charge < -0.3 is 24.5 Å². The number of halogens is 5. The number of H-pyrrole nitrogens is 1. The molecule has 2 heterocycles. The average Bonchev–Trinajstić information content (AvgIpc) is 3.52. The zero-order valence-corrected chi connectivity index (χ0v) is 35.4. The molecule has 0 unspecified atom stereocenters. The fourth-order valence-electron chi connectivity index (χ4n) is 7.24. The Morgan fingerprint density at radius 3 is 1.60 bits per heavy atom. The Kier molecular flexibility index (Phi) is 13.1. The second-order valence-corrected chi connectivity index (χ2v) is 18.3. The largest absolute Gasteiger partial charge is 0.431 e. The number of alkyl halides is 3. The Labute approximate surface area is 333 Å². The molecule has 0 aliphatic heterocycles. The molecule has 4 aromatic rings. The number of hydrogen-bond acceptors (Lipinski definition) is 3. The third-order valence-electron chi connectivity index (χ3n) is 9.90. The van der Waals surface area contributed by atoms with E-state index in [1.807, 2.05) is 63.6 Å². The molecule has 12 heteroatoms. The number of carbonyl (C=O) groups is 2. The number of benzene rings is 2. The molecule has 0 spiro atoms. The summed E-state index contributed by atoms with van der Waals surface area (Å²) < 4.78 is 42.2. The minimum absolute atomic E-state index is 0.00146. The van der Waals surface area contributed by atoms with Gasteiger partial charge in [-0.2, -0.15) is 13.2 Å². The molecule has 0 atom stereocenters. The minimum atomic E-state index is -4.58. The van der Waals surface area contributed by atoms with E-state index < -0.39 is 23.4 Å². The van der Waals surface area contributed by atoms with Gasteiger partial charge in [0.1, 0.15) is 17.1 Å². The topological polar surface area (TPSA) is 81.6 Å². The first-order chi connectivity index (χ1) is 25.2. The first kappa shape index (κ1) is 44.0. The molecule has 2 aromatic carbocycles. The van der Waals surface area contributed by atoms with Crippen LogP contribution in [0.4, 0.5) is 13.2 Å². The Balaban J connectivity index is 0.000000246. The third-order valence-corrected chi connectivity index (χ3v) is 10.4. The summed E-state index contributed by atoms with van der Waals surface area (Å²) in [5, 5.41) is 12.0. The summed E-state index contributed by atoms with van der Waals surface area (Å²) in [4.78, 5) is 32.1. The van der Waals surface area contributed by atoms with Crippen molar-refractivity contribution in [3.05, 3.63) is 92.5 Å². The van der Waals surface area contributed by atoms with Crippen molar-refractivity contribution in [2.75, 3.05) is 27.2 Å². The van der Waals surface area contributed by atoms with E-state index >= 15 is 0 Å². The van der Waals surface area contributed by atoms with E-state index in [9.17, 15) is 27.9 Å². The van der Waals surface area contributed by atoms with Crippen LogP contribution in [0, 0.1) is 31.6 Å². The quantitative estimate of drug-likeness (QED) is 0.186. The maximum atomic E-state index is 13.7. The van der Waals surface area contributed by atoms with Gasteiger partial charge in [0.2, 0.25) is 0 Å². The van der Waals surface area contributed by atoms with Gasteiger partial charge in [0.05, 0.1) is 12.1 Å². The number of rotatable bonds is 8. The van der Waals surface area contributed by atoms with Gasteiger partial charge in [-0.1, -0.05) is 89.0 Å². The van der Waals surface area contributed by atoms with Gasteiger partial charge in [-0.3, -0.25) is 9.59 Å². The molecule has 1 aliphatic rings. The Hall–Kier alpha value is -3.73. The normalized spacial score (nSPS) is 14.2. The van der Waals surface area contributed by atoms with Crippen LogP contribution in [-0.2, 0) is 12.7 Å². The van der Waals surface area contributed by atoms with Crippen LogP contribution in [0.1, 0.15) is 104 Å². The van der Waals surface area contributed by atoms with Gasteiger partial charge in [-0.15, -0.1) is 0 Å². The lowest BCUT2D eigenvalue weighted by Crippen LogP contribution is -2.43. The minimum Gasteiger partial charge on any atom is -0.388 e. The highest BCUT2D eigenvalue weighted by Crippen LogP contribution is 2.40. The van der Waals surface area contributed by atoms with Crippen molar-refractivity contribution in [1.82, 2.24) is 19.4 Å². The summed E-state index contributed by atoms with van der Waals surface area (Å²) in [5.74, 6) is -0.493. The lowest BCUT2D eigenvalue weighted by Gasteiger charge is -2.38. The maximum absolute atomic E-state index is 13.7. The fourth-order valence-corrected chi connectivity index (χ4v) is 7.50. The zero-order chi connectivity index (χ0) is 41.4. The molecule has 2 amide bonds. The van der Waals surface area contributed by atoms with Crippen LogP contribution in [0.25, 0.3) is 22.3 Å². The number of amides is 2. The fraction of sp³-hybridized carbons (Fsp3) is 0.488. The molecular formula is C43H55Cl2F3N4O3. The van der Waals surface area contributed by atoms with Gasteiger partial charge in [-0.05, 0) is 97.4 Å². The van der Waals surface area contributed by atoms with E-state index in [-0.39, 0.29) is 33.6 Å². The molecule has 1 fully saturated rings. The lowest BCUT2D eigenvalue weighted by molar-refractivity contribution is -0.141. The summed E-state index contributed by atoms with van der Waals surface area (Å²) in [7, 11) is 3.45. The molecule has 2 aromatic heterocycles. The van der Waals surface area contributed by atoms with Crippen molar-refractivity contribution in [2.24, 2.45) is 10.8 Å². The van der Waals surface area contributed by atoms with E-state index in [1.54, 1.807) is 36.2 Å². The van der Waals surface area contributed by atoms with Crippen molar-refractivity contribution in [1.29, 1.82) is 0 Å². The van der Waals surface area contributed by atoms with Gasteiger partial charge in [-0.25, -0.2) is 0 Å². The number of aliphatic hydroxyl groups is 1. The number of carbonyl (C=O) groups excluding carboxylic acids is 2. The predicted molar refractivity (Wildman–Crippen MR) is 217 cm³/mol. The molecule has 1 saturated carbocycles. The molecule has 0 radical (unpaired) electrons. The average molecular weight is 804 g/mol. The molecule has 0 bridgehead atoms. The van der Waals surface area contributed by atoms with E-state index in [0.29, 0.717) is 40.9 Å². The molecule has 7 nitrogen and oxygen atoms in total. The van der Waals surface area contributed by atoms with Crippen LogP contribution in [0.2, 0.25) is 10.0 Å². The van der Waals surface area contributed by atoms with Crippen LogP contribution < -0.4 is 0 Å². The standard InChI is InChI=1S/C24H33ClN2O2.C19H22ClF3N2O/c1-16-17(2)27(15-24(29)12-7-13-24)21(22(28)26(6)14-23(3,4)5)20(16)18-8-10-19(25)11-9-18;1-11-14(12-6-8-13(20)9-7-12)15(24-16(11)19(21,22)23)17(26)25(5)10-18(2,3)4/h8-11,29H,7,12-15H2,1-6H3;6-9,24H,10H2,1-5H3. The summed E-state index contributed by atoms with van der Waals surface area (Å²) in [5.41, 5.74) is 3.55. The van der Waals surface area contributed by atoms with Crippen LogP contribution in [0.15, 0.2) is 48.5 Å². The third kappa shape index (κ3) is 10.6. The Morgan fingerprint density at radius 1 is 0.764 bits per heavy atom. The molecule has 1 aliphatic carbocycles. The number of nitrogens with one attached hydrogen (secondary N) is 1. The van der Waals surface area contributed by atoms with Crippen molar-refractivity contribution >= 4 is 35.0 Å². The van der Waals surface area contributed by atoms with Crippen LogP contribution in [0.3, 0.4) is 0 Å². The van der Waals surface area contributed by atoms with E-state index in [4.69, 9.17) is 23.2 Å². The number of aromatic amines is 1. The highest BCUT2D eigenvalue weighted by molar-refractivity contribution is 6.31. The van der Waals surface area contributed by atoms with Crippen LogP contribution in [0.5, 0.6) is 0 Å². The Morgan fingerprint density at radius 2 is 1.20 bits per heavy atom. The van der Waals surface area contributed by atoms with Crippen LogP contribution >= 0.6 is 23.2 Å². The smallest absolute Gasteiger partial charge is 0.388 e. The SMILES string of the molecule is Cc1c(-c2ccc(Cl)cc2)c(C(=O)N(C)CC(C)(C)C)n(CC2(O)CCC2)c1C.Cc1c(C(F)(F)F)[nH]c(C(=O)N(C)CC(C)(C)C)c1-c1ccc(Cl)cc1. The second kappa shape index (κ2) is 16.4. The highest BCUT2D eigenvalue weighted by atomic mass is 35.5. The van der Waals surface area contributed by atoms with Crippen molar-refractivity contribution in [3.8, 4) is 22.3 Å². The summed E-state index contributed by atoms with van der Waals surface area (Å²) >= 11 is 12.0. The summed E-state index contributed by atoms with van der Waals surface area (Å²) in [6.45, 7) is 19.2. The van der Waals surface area contributed by atoms with E-state index in [1.165, 1.54) is 11.8 Å². The number of hydrogen-bond donors (Lipinski definition) is 2. The summed E-state index contributed by atoms with van der Waals surface area (Å²) in [6, 6.07) is 14.0. The van der Waals surface area contributed by atoms with E-state index in [0.717, 1.165) is 41.6 Å². The number of aromatic nitrogens is 2. The predicted octanol–water partition coefficient (Wildman–Crippen LogP) is 11.2. The van der Waals surface area contributed by atoms with Crippen LogP contribution in [-0.4, -0.2) is 69.1 Å². The lowest BCUT2D eigenvalue weighted by atomic mass is 9.80. The van der Waals surface area contributed by atoms with Crippen molar-refractivity contribution < 1.29 is 27.9 Å². The first-order valence-corrected chi connectivity index (χ1v) is 19.2. The number of nitrogens with zero attached hydrogens (tertiary/aromatic N) is 3. The molecule has 5 rings (SSSR count). The van der Waals surface area contributed by atoms with E-state index in [2.05, 4.69) is 32.7 Å².